The van der Waals surface area contributed by atoms with E-state index in [2.05, 4.69) is 5.32 Å². The fourth-order valence-corrected chi connectivity index (χ4v) is 7.84. The van der Waals surface area contributed by atoms with Crippen molar-refractivity contribution in [3.63, 3.8) is 0 Å². The van der Waals surface area contributed by atoms with Crippen molar-refractivity contribution < 1.29 is 18.0 Å². The van der Waals surface area contributed by atoms with Gasteiger partial charge >= 0.3 is 0 Å². The van der Waals surface area contributed by atoms with Crippen LogP contribution in [0.2, 0.25) is 10.0 Å². The highest BCUT2D eigenvalue weighted by molar-refractivity contribution is 7.92. The molecule has 1 saturated carbocycles. The highest BCUT2D eigenvalue weighted by Gasteiger charge is 2.35. The number of hydrogen-bond acceptors (Lipinski definition) is 4. The SMILES string of the molecule is CCc1ccc(N(CC(=O)N(Cc2ccc(Cl)c(Cl)c2)[C@H](Cc2ccccc2)C(=O)NC2CCCCC2)S(=O)(=O)c2ccccc2)cc1. The Hall–Kier alpha value is -3.85. The molecule has 1 fully saturated rings. The fraction of sp³-hybridized carbons (Fsp3) is 0.316. The van der Waals surface area contributed by atoms with Crippen molar-refractivity contribution >= 4 is 50.7 Å². The molecule has 0 aliphatic heterocycles. The second-order valence-electron chi connectivity index (χ2n) is 12.2. The Morgan fingerprint density at radius 2 is 1.42 bits per heavy atom. The van der Waals surface area contributed by atoms with Crippen LogP contribution >= 0.6 is 23.2 Å². The van der Waals surface area contributed by atoms with Crippen molar-refractivity contribution in [1.82, 2.24) is 10.2 Å². The van der Waals surface area contributed by atoms with Gasteiger partial charge in [0.05, 0.1) is 20.6 Å². The quantitative estimate of drug-likeness (QED) is 0.154. The van der Waals surface area contributed by atoms with E-state index >= 15 is 0 Å². The molecule has 0 bridgehead atoms. The molecule has 2 amide bonds. The molecule has 48 heavy (non-hydrogen) atoms. The lowest BCUT2D eigenvalue weighted by atomic mass is 9.94. The minimum Gasteiger partial charge on any atom is -0.352 e. The Bertz CT molecular complexity index is 1780. The molecular formula is C38H41Cl2N3O4S. The zero-order valence-electron chi connectivity index (χ0n) is 27.0. The molecule has 0 spiro atoms. The molecule has 252 valence electrons. The van der Waals surface area contributed by atoms with Crippen LogP contribution in [0.25, 0.3) is 0 Å². The van der Waals surface area contributed by atoms with E-state index in [1.54, 1.807) is 48.5 Å². The summed E-state index contributed by atoms with van der Waals surface area (Å²) >= 11 is 12.6. The smallest absolute Gasteiger partial charge is 0.264 e. The number of nitrogens with one attached hydrogen (secondary N) is 1. The summed E-state index contributed by atoms with van der Waals surface area (Å²) in [5.41, 5.74) is 2.92. The van der Waals surface area contributed by atoms with Crippen LogP contribution in [0.1, 0.15) is 55.7 Å². The monoisotopic (exact) mass is 705 g/mol. The molecular weight excluding hydrogens is 665 g/mol. The van der Waals surface area contributed by atoms with Gasteiger partial charge in [0.25, 0.3) is 10.0 Å². The summed E-state index contributed by atoms with van der Waals surface area (Å²) in [6.45, 7) is 1.51. The van der Waals surface area contributed by atoms with Crippen molar-refractivity contribution in [3.8, 4) is 0 Å². The van der Waals surface area contributed by atoms with Crippen molar-refractivity contribution in [2.24, 2.45) is 0 Å². The second-order valence-corrected chi connectivity index (χ2v) is 14.8. The number of halogens is 2. The number of carbonyl (C=O) groups excluding carboxylic acids is 2. The third-order valence-electron chi connectivity index (χ3n) is 8.80. The van der Waals surface area contributed by atoms with Crippen LogP contribution < -0.4 is 9.62 Å². The number of nitrogens with zero attached hydrogens (tertiary/aromatic N) is 2. The molecule has 1 N–H and O–H groups in total. The van der Waals surface area contributed by atoms with Gasteiger partial charge in [-0.25, -0.2) is 8.42 Å². The maximum atomic E-state index is 14.7. The van der Waals surface area contributed by atoms with Gasteiger partial charge < -0.3 is 10.2 Å². The fourth-order valence-electron chi connectivity index (χ4n) is 6.08. The largest absolute Gasteiger partial charge is 0.352 e. The Balaban J connectivity index is 1.57. The van der Waals surface area contributed by atoms with E-state index in [-0.39, 0.29) is 29.8 Å². The molecule has 0 unspecified atom stereocenters. The molecule has 7 nitrogen and oxygen atoms in total. The van der Waals surface area contributed by atoms with Gasteiger partial charge in [-0.2, -0.15) is 0 Å². The zero-order valence-corrected chi connectivity index (χ0v) is 29.4. The van der Waals surface area contributed by atoms with E-state index in [1.807, 2.05) is 49.4 Å². The van der Waals surface area contributed by atoms with Crippen LogP contribution in [-0.4, -0.2) is 43.8 Å². The van der Waals surface area contributed by atoms with E-state index in [9.17, 15) is 18.0 Å². The average molecular weight is 707 g/mol. The number of anilines is 1. The average Bonchev–Trinajstić information content (AvgIpc) is 3.11. The Morgan fingerprint density at radius 3 is 2.04 bits per heavy atom. The summed E-state index contributed by atoms with van der Waals surface area (Å²) in [6, 6.07) is 28.9. The molecule has 5 rings (SSSR count). The van der Waals surface area contributed by atoms with Crippen LogP contribution in [-0.2, 0) is 39.0 Å². The lowest BCUT2D eigenvalue weighted by molar-refractivity contribution is -0.140. The third-order valence-corrected chi connectivity index (χ3v) is 11.3. The lowest BCUT2D eigenvalue weighted by Crippen LogP contribution is -2.55. The second kappa shape index (κ2) is 16.5. The topological polar surface area (TPSA) is 86.8 Å². The van der Waals surface area contributed by atoms with Crippen LogP contribution in [0.5, 0.6) is 0 Å². The maximum absolute atomic E-state index is 14.7. The molecule has 1 aliphatic carbocycles. The molecule has 1 atom stereocenters. The zero-order chi connectivity index (χ0) is 34.1. The number of hydrogen-bond donors (Lipinski definition) is 1. The van der Waals surface area contributed by atoms with Gasteiger partial charge in [-0.1, -0.05) is 116 Å². The number of amides is 2. The predicted octanol–water partition coefficient (Wildman–Crippen LogP) is 7.84. The van der Waals surface area contributed by atoms with Gasteiger partial charge in [0.2, 0.25) is 11.8 Å². The predicted molar refractivity (Wildman–Crippen MR) is 193 cm³/mol. The Morgan fingerprint density at radius 1 is 0.792 bits per heavy atom. The highest BCUT2D eigenvalue weighted by Crippen LogP contribution is 2.28. The summed E-state index contributed by atoms with van der Waals surface area (Å²) in [5, 5.41) is 3.91. The van der Waals surface area contributed by atoms with Gasteiger partial charge in [0.1, 0.15) is 12.6 Å². The van der Waals surface area contributed by atoms with Gasteiger partial charge in [0.15, 0.2) is 0 Å². The van der Waals surface area contributed by atoms with E-state index in [0.717, 1.165) is 54.0 Å². The third kappa shape index (κ3) is 8.98. The number of benzene rings is 4. The molecule has 1 aliphatic rings. The Kier molecular flexibility index (Phi) is 12.2. The molecule has 0 heterocycles. The minimum absolute atomic E-state index is 0.0125. The van der Waals surface area contributed by atoms with Crippen molar-refractivity contribution in [2.45, 2.75) is 75.4 Å². The molecule has 0 aromatic heterocycles. The van der Waals surface area contributed by atoms with Gasteiger partial charge in [-0.15, -0.1) is 0 Å². The minimum atomic E-state index is -4.17. The molecule has 4 aromatic carbocycles. The molecule has 0 radical (unpaired) electrons. The van der Waals surface area contributed by atoms with Gasteiger partial charge in [-0.3, -0.25) is 13.9 Å². The van der Waals surface area contributed by atoms with Crippen LogP contribution in [0, 0.1) is 0 Å². The first-order valence-electron chi connectivity index (χ1n) is 16.4. The van der Waals surface area contributed by atoms with Gasteiger partial charge in [0, 0.05) is 19.0 Å². The first-order valence-corrected chi connectivity index (χ1v) is 18.6. The van der Waals surface area contributed by atoms with Crippen molar-refractivity contribution in [3.05, 3.63) is 130 Å². The number of rotatable bonds is 13. The number of aryl methyl sites for hydroxylation is 1. The summed E-state index contributed by atoms with van der Waals surface area (Å²) in [4.78, 5) is 30.5. The van der Waals surface area contributed by atoms with Crippen molar-refractivity contribution in [1.29, 1.82) is 0 Å². The first-order chi connectivity index (χ1) is 23.2. The van der Waals surface area contributed by atoms with Crippen LogP contribution in [0.15, 0.2) is 108 Å². The highest BCUT2D eigenvalue weighted by atomic mass is 35.5. The number of carbonyl (C=O) groups is 2. The summed E-state index contributed by atoms with van der Waals surface area (Å²) < 4.78 is 29.5. The summed E-state index contributed by atoms with van der Waals surface area (Å²) in [7, 11) is -4.17. The van der Waals surface area contributed by atoms with E-state index in [1.165, 1.54) is 17.0 Å². The number of sulfonamides is 1. The van der Waals surface area contributed by atoms with E-state index in [4.69, 9.17) is 23.2 Å². The summed E-state index contributed by atoms with van der Waals surface area (Å²) in [6.07, 6.45) is 5.96. The molecule has 0 saturated heterocycles. The Labute approximate surface area is 293 Å². The first kappa shape index (κ1) is 35.5. The van der Waals surface area contributed by atoms with Crippen molar-refractivity contribution in [2.75, 3.05) is 10.8 Å². The molecule has 4 aromatic rings. The van der Waals surface area contributed by atoms with Crippen LogP contribution in [0.4, 0.5) is 5.69 Å². The standard InChI is InChI=1S/C38H41Cl2N3O4S/c1-2-28-18-21-32(22-19-28)43(48(46,47)33-16-10-5-11-17-33)27-37(44)42(26-30-20-23-34(39)35(40)24-30)36(25-29-12-6-3-7-13-29)38(45)41-31-14-8-4-9-15-31/h3,5-7,10-13,16-24,31,36H,2,4,8-9,14-15,25-27H2,1H3,(H,41,45)/t36-/m1/s1. The lowest BCUT2D eigenvalue weighted by Gasteiger charge is -2.35. The molecule has 10 heteroatoms. The van der Waals surface area contributed by atoms with E-state index in [0.29, 0.717) is 21.3 Å². The maximum Gasteiger partial charge on any atom is 0.264 e. The normalized spacial score (nSPS) is 14.2. The summed E-state index contributed by atoms with van der Waals surface area (Å²) in [5.74, 6) is -0.802. The van der Waals surface area contributed by atoms with Crippen LogP contribution in [0.3, 0.4) is 0 Å². The van der Waals surface area contributed by atoms with Gasteiger partial charge in [-0.05, 0) is 72.4 Å². The van der Waals surface area contributed by atoms with E-state index < -0.39 is 28.5 Å².